The van der Waals surface area contributed by atoms with Crippen molar-refractivity contribution < 1.29 is 9.90 Å². The highest BCUT2D eigenvalue weighted by Crippen LogP contribution is 2.26. The van der Waals surface area contributed by atoms with Crippen LogP contribution in [0.1, 0.15) is 49.7 Å². The van der Waals surface area contributed by atoms with Crippen molar-refractivity contribution in [2.24, 2.45) is 0 Å². The normalized spacial score (nSPS) is 26.4. The van der Waals surface area contributed by atoms with Crippen LogP contribution in [0, 0.1) is 6.92 Å². The van der Waals surface area contributed by atoms with Gasteiger partial charge in [-0.2, -0.15) is 0 Å². The number of β-amino-alcohol motifs (C(OH)–C–C–N with tert-alkyl or cyclic N) is 1. The van der Waals surface area contributed by atoms with Crippen LogP contribution in [0.5, 0.6) is 0 Å². The molecular weight excluding hydrogens is 300 g/mol. The Bertz CT molecular complexity index is 567. The second-order valence-electron chi connectivity index (χ2n) is 7.54. The standard InChI is InChI=1S/C20H30N2O2/c1-17-8-6-9-18(14-17)15-22-13-7-10-20(24,19(22)23)16-21-11-4-2-3-5-12-21/h6,8-9,14,24H,2-5,7,10-13,15-16H2,1H3. The summed E-state index contributed by atoms with van der Waals surface area (Å²) in [6.07, 6.45) is 6.35. The molecule has 1 N–H and O–H groups in total. The molecule has 132 valence electrons. The van der Waals surface area contributed by atoms with Crippen molar-refractivity contribution in [2.75, 3.05) is 26.2 Å². The number of carbonyl (C=O) groups is 1. The maximum absolute atomic E-state index is 12.9. The molecule has 2 saturated heterocycles. The van der Waals surface area contributed by atoms with Gasteiger partial charge in [-0.15, -0.1) is 0 Å². The lowest BCUT2D eigenvalue weighted by atomic mass is 9.90. The fourth-order valence-corrected chi connectivity index (χ4v) is 4.06. The van der Waals surface area contributed by atoms with E-state index in [1.165, 1.54) is 31.2 Å². The molecule has 4 heteroatoms. The molecular formula is C20H30N2O2. The number of aliphatic hydroxyl groups is 1. The van der Waals surface area contributed by atoms with Crippen LogP contribution in [0.25, 0.3) is 0 Å². The first-order valence-electron chi connectivity index (χ1n) is 9.36. The summed E-state index contributed by atoms with van der Waals surface area (Å²) in [5.41, 5.74) is 1.14. The highest BCUT2D eigenvalue weighted by Gasteiger charge is 2.43. The number of benzene rings is 1. The minimum atomic E-state index is -1.20. The maximum atomic E-state index is 12.9. The summed E-state index contributed by atoms with van der Waals surface area (Å²) in [7, 11) is 0. The average molecular weight is 330 g/mol. The summed E-state index contributed by atoms with van der Waals surface area (Å²) in [4.78, 5) is 17.1. The zero-order chi connectivity index (χ0) is 17.0. The summed E-state index contributed by atoms with van der Waals surface area (Å²) in [5, 5.41) is 11.1. The molecule has 3 rings (SSSR count). The largest absolute Gasteiger partial charge is 0.379 e. The Balaban J connectivity index is 1.66. The third-order valence-corrected chi connectivity index (χ3v) is 5.34. The molecule has 2 heterocycles. The second kappa shape index (κ2) is 7.66. The molecule has 1 amide bonds. The molecule has 0 bridgehead atoms. The van der Waals surface area contributed by atoms with Crippen molar-refractivity contribution in [1.82, 2.24) is 9.80 Å². The fraction of sp³-hybridized carbons (Fsp3) is 0.650. The van der Waals surface area contributed by atoms with Gasteiger partial charge in [-0.25, -0.2) is 0 Å². The van der Waals surface area contributed by atoms with Crippen LogP contribution in [0.15, 0.2) is 24.3 Å². The van der Waals surface area contributed by atoms with E-state index in [1.807, 2.05) is 11.0 Å². The quantitative estimate of drug-likeness (QED) is 0.923. The van der Waals surface area contributed by atoms with E-state index in [9.17, 15) is 9.90 Å². The monoisotopic (exact) mass is 330 g/mol. The Hall–Kier alpha value is -1.39. The Morgan fingerprint density at radius 1 is 1.08 bits per heavy atom. The van der Waals surface area contributed by atoms with Crippen LogP contribution in [0.4, 0.5) is 0 Å². The van der Waals surface area contributed by atoms with Gasteiger partial charge < -0.3 is 10.0 Å². The van der Waals surface area contributed by atoms with Gasteiger partial charge in [0.25, 0.3) is 5.91 Å². The number of rotatable bonds is 4. The first kappa shape index (κ1) is 17.4. The molecule has 0 aliphatic carbocycles. The molecule has 1 aromatic rings. The number of piperidine rings is 1. The van der Waals surface area contributed by atoms with Crippen LogP contribution >= 0.6 is 0 Å². The van der Waals surface area contributed by atoms with Gasteiger partial charge in [0, 0.05) is 19.6 Å². The number of amides is 1. The van der Waals surface area contributed by atoms with E-state index in [2.05, 4.69) is 30.0 Å². The van der Waals surface area contributed by atoms with E-state index in [0.717, 1.165) is 31.6 Å². The third-order valence-electron chi connectivity index (χ3n) is 5.34. The maximum Gasteiger partial charge on any atom is 0.256 e. The molecule has 1 aromatic carbocycles. The van der Waals surface area contributed by atoms with Gasteiger partial charge in [-0.05, 0) is 51.3 Å². The molecule has 24 heavy (non-hydrogen) atoms. The zero-order valence-electron chi connectivity index (χ0n) is 14.8. The van der Waals surface area contributed by atoms with E-state index in [0.29, 0.717) is 19.5 Å². The Kier molecular flexibility index (Phi) is 5.57. The van der Waals surface area contributed by atoms with E-state index in [-0.39, 0.29) is 5.91 Å². The second-order valence-corrected chi connectivity index (χ2v) is 7.54. The molecule has 0 saturated carbocycles. The van der Waals surface area contributed by atoms with Crippen LogP contribution < -0.4 is 0 Å². The van der Waals surface area contributed by atoms with Crippen molar-refractivity contribution in [3.8, 4) is 0 Å². The Labute approximate surface area is 145 Å². The van der Waals surface area contributed by atoms with E-state index < -0.39 is 5.60 Å². The lowest BCUT2D eigenvalue weighted by Gasteiger charge is -2.40. The van der Waals surface area contributed by atoms with Crippen molar-refractivity contribution in [3.05, 3.63) is 35.4 Å². The third kappa shape index (κ3) is 4.17. The summed E-state index contributed by atoms with van der Waals surface area (Å²) >= 11 is 0. The number of likely N-dealkylation sites (tertiary alicyclic amines) is 2. The molecule has 2 aliphatic rings. The van der Waals surface area contributed by atoms with Gasteiger partial charge in [0.2, 0.25) is 0 Å². The van der Waals surface area contributed by atoms with E-state index in [1.54, 1.807) is 0 Å². The van der Waals surface area contributed by atoms with Gasteiger partial charge in [0.15, 0.2) is 5.60 Å². The minimum Gasteiger partial charge on any atom is -0.379 e. The highest BCUT2D eigenvalue weighted by atomic mass is 16.3. The molecule has 0 radical (unpaired) electrons. The number of nitrogens with zero attached hydrogens (tertiary/aromatic N) is 2. The molecule has 2 fully saturated rings. The van der Waals surface area contributed by atoms with Crippen molar-refractivity contribution in [2.45, 2.75) is 57.6 Å². The molecule has 4 nitrogen and oxygen atoms in total. The van der Waals surface area contributed by atoms with Crippen molar-refractivity contribution >= 4 is 5.91 Å². The molecule has 2 aliphatic heterocycles. The van der Waals surface area contributed by atoms with Gasteiger partial charge in [0.1, 0.15) is 0 Å². The van der Waals surface area contributed by atoms with Gasteiger partial charge >= 0.3 is 0 Å². The summed E-state index contributed by atoms with van der Waals surface area (Å²) in [6.45, 7) is 5.92. The lowest BCUT2D eigenvalue weighted by Crippen LogP contribution is -2.58. The van der Waals surface area contributed by atoms with Crippen LogP contribution in [0.2, 0.25) is 0 Å². The lowest BCUT2D eigenvalue weighted by molar-refractivity contribution is -0.160. The van der Waals surface area contributed by atoms with Gasteiger partial charge in [-0.1, -0.05) is 42.7 Å². The van der Waals surface area contributed by atoms with Crippen LogP contribution in [-0.2, 0) is 11.3 Å². The SMILES string of the molecule is Cc1cccc(CN2CCCC(O)(CN3CCCCCC3)C2=O)c1. The van der Waals surface area contributed by atoms with Crippen molar-refractivity contribution in [1.29, 1.82) is 0 Å². The number of aryl methyl sites for hydroxylation is 1. The van der Waals surface area contributed by atoms with Gasteiger partial charge in [0.05, 0.1) is 0 Å². The highest BCUT2D eigenvalue weighted by molar-refractivity contribution is 5.86. The summed E-state index contributed by atoms with van der Waals surface area (Å²) < 4.78 is 0. The number of carbonyl (C=O) groups excluding carboxylic acids is 1. The molecule has 1 atom stereocenters. The van der Waals surface area contributed by atoms with Crippen molar-refractivity contribution in [3.63, 3.8) is 0 Å². The Morgan fingerprint density at radius 3 is 2.54 bits per heavy atom. The summed E-state index contributed by atoms with van der Waals surface area (Å²) in [5.74, 6) is -0.0838. The molecule has 1 unspecified atom stereocenters. The van der Waals surface area contributed by atoms with Crippen LogP contribution in [-0.4, -0.2) is 52.6 Å². The first-order chi connectivity index (χ1) is 11.6. The first-order valence-corrected chi connectivity index (χ1v) is 9.36. The zero-order valence-corrected chi connectivity index (χ0v) is 14.8. The predicted molar refractivity (Wildman–Crippen MR) is 95.7 cm³/mol. The van der Waals surface area contributed by atoms with E-state index >= 15 is 0 Å². The minimum absolute atomic E-state index is 0.0838. The fourth-order valence-electron chi connectivity index (χ4n) is 4.06. The predicted octanol–water partition coefficient (Wildman–Crippen LogP) is 2.72. The van der Waals surface area contributed by atoms with E-state index in [4.69, 9.17) is 0 Å². The summed E-state index contributed by atoms with van der Waals surface area (Å²) in [6, 6.07) is 8.28. The Morgan fingerprint density at radius 2 is 1.83 bits per heavy atom. The average Bonchev–Trinajstić information content (AvgIpc) is 2.81. The number of hydrogen-bond donors (Lipinski definition) is 1. The molecule has 0 aromatic heterocycles. The van der Waals surface area contributed by atoms with Crippen LogP contribution in [0.3, 0.4) is 0 Å². The topological polar surface area (TPSA) is 43.8 Å². The molecule has 0 spiro atoms. The number of hydrogen-bond acceptors (Lipinski definition) is 3. The van der Waals surface area contributed by atoms with Gasteiger partial charge in [-0.3, -0.25) is 9.69 Å². The smallest absolute Gasteiger partial charge is 0.256 e.